The summed E-state index contributed by atoms with van der Waals surface area (Å²) in [5, 5.41) is 14.4. The zero-order valence-electron chi connectivity index (χ0n) is 10.0. The van der Waals surface area contributed by atoms with Crippen molar-refractivity contribution in [3.05, 3.63) is 47.8 Å². The van der Waals surface area contributed by atoms with Crippen LogP contribution in [0.25, 0.3) is 0 Å². The molecule has 0 saturated carbocycles. The van der Waals surface area contributed by atoms with E-state index in [1.165, 1.54) is 6.20 Å². The minimum Gasteiger partial charge on any atom is -0.480 e. The van der Waals surface area contributed by atoms with Crippen LogP contribution in [0.3, 0.4) is 0 Å². The summed E-state index contributed by atoms with van der Waals surface area (Å²) in [7, 11) is 0. The van der Waals surface area contributed by atoms with Gasteiger partial charge in [-0.25, -0.2) is 8.78 Å². The van der Waals surface area contributed by atoms with Crippen molar-refractivity contribution < 1.29 is 23.5 Å². The summed E-state index contributed by atoms with van der Waals surface area (Å²) < 4.78 is 27.3. The SMILES string of the molecule is O=C(O)Cn1cc(C(=O)Nc2cc(F)ccc2F)cn1. The molecule has 0 aliphatic heterocycles. The number of hydrogen-bond donors (Lipinski definition) is 2. The Hall–Kier alpha value is -2.77. The van der Waals surface area contributed by atoms with Gasteiger partial charge in [0.2, 0.25) is 0 Å². The molecule has 0 radical (unpaired) electrons. The standard InChI is InChI=1S/C12H9F2N3O3/c13-8-1-2-9(14)10(3-8)16-12(20)7-4-15-17(5-7)6-11(18)19/h1-5H,6H2,(H,16,20)(H,18,19). The Balaban J connectivity index is 2.13. The molecule has 0 bridgehead atoms. The van der Waals surface area contributed by atoms with Crippen LogP contribution in [0.2, 0.25) is 0 Å². The third-order valence-corrected chi connectivity index (χ3v) is 2.37. The summed E-state index contributed by atoms with van der Waals surface area (Å²) in [6, 6.07) is 2.66. The minimum absolute atomic E-state index is 0.0370. The number of benzene rings is 1. The Morgan fingerprint density at radius 1 is 1.35 bits per heavy atom. The molecule has 20 heavy (non-hydrogen) atoms. The molecule has 1 amide bonds. The summed E-state index contributed by atoms with van der Waals surface area (Å²) in [6.45, 7) is -0.401. The highest BCUT2D eigenvalue weighted by Crippen LogP contribution is 2.16. The van der Waals surface area contributed by atoms with E-state index in [1.807, 2.05) is 0 Å². The van der Waals surface area contributed by atoms with Crippen LogP contribution < -0.4 is 5.32 Å². The topological polar surface area (TPSA) is 84.2 Å². The predicted octanol–water partition coefficient (Wildman–Crippen LogP) is 1.50. The van der Waals surface area contributed by atoms with E-state index in [0.29, 0.717) is 0 Å². The fourth-order valence-corrected chi connectivity index (χ4v) is 1.49. The Kier molecular flexibility index (Phi) is 3.74. The van der Waals surface area contributed by atoms with Crippen LogP contribution in [-0.2, 0) is 11.3 Å². The number of nitrogens with one attached hydrogen (secondary N) is 1. The first-order valence-electron chi connectivity index (χ1n) is 5.46. The molecule has 0 unspecified atom stereocenters. The number of nitrogens with zero attached hydrogens (tertiary/aromatic N) is 2. The number of amides is 1. The number of carbonyl (C=O) groups excluding carboxylic acids is 1. The average molecular weight is 281 g/mol. The minimum atomic E-state index is -1.11. The van der Waals surface area contributed by atoms with Gasteiger partial charge in [-0.3, -0.25) is 14.3 Å². The number of rotatable bonds is 4. The summed E-state index contributed by atoms with van der Waals surface area (Å²) >= 11 is 0. The molecule has 2 aromatic rings. The molecule has 1 aromatic heterocycles. The molecule has 2 N–H and O–H groups in total. The van der Waals surface area contributed by atoms with Gasteiger partial charge in [0, 0.05) is 12.3 Å². The van der Waals surface area contributed by atoms with Gasteiger partial charge in [-0.2, -0.15) is 5.10 Å². The lowest BCUT2D eigenvalue weighted by Gasteiger charge is -2.04. The van der Waals surface area contributed by atoms with Crippen LogP contribution in [0, 0.1) is 11.6 Å². The second-order valence-corrected chi connectivity index (χ2v) is 3.90. The zero-order valence-corrected chi connectivity index (χ0v) is 10.0. The molecule has 0 fully saturated rings. The van der Waals surface area contributed by atoms with Gasteiger partial charge in [0.05, 0.1) is 17.4 Å². The Morgan fingerprint density at radius 2 is 2.10 bits per heavy atom. The van der Waals surface area contributed by atoms with Gasteiger partial charge in [0.15, 0.2) is 0 Å². The Morgan fingerprint density at radius 3 is 2.80 bits per heavy atom. The Bertz CT molecular complexity index is 670. The van der Waals surface area contributed by atoms with Gasteiger partial charge in [-0.1, -0.05) is 0 Å². The molecule has 1 aromatic carbocycles. The van der Waals surface area contributed by atoms with E-state index in [9.17, 15) is 18.4 Å². The molecule has 2 rings (SSSR count). The molecular weight excluding hydrogens is 272 g/mol. The van der Waals surface area contributed by atoms with Crippen LogP contribution in [0.15, 0.2) is 30.6 Å². The van der Waals surface area contributed by atoms with E-state index in [2.05, 4.69) is 10.4 Å². The van der Waals surface area contributed by atoms with Crippen molar-refractivity contribution in [3.63, 3.8) is 0 Å². The molecule has 1 heterocycles. The second-order valence-electron chi connectivity index (χ2n) is 3.90. The molecule has 0 aliphatic carbocycles. The van der Waals surface area contributed by atoms with Crippen molar-refractivity contribution in [3.8, 4) is 0 Å². The van der Waals surface area contributed by atoms with Crippen molar-refractivity contribution in [2.24, 2.45) is 0 Å². The molecule has 6 nitrogen and oxygen atoms in total. The monoisotopic (exact) mass is 281 g/mol. The fourth-order valence-electron chi connectivity index (χ4n) is 1.49. The lowest BCUT2D eigenvalue weighted by molar-refractivity contribution is -0.137. The number of carboxylic acids is 1. The van der Waals surface area contributed by atoms with Crippen molar-refractivity contribution in [2.45, 2.75) is 6.54 Å². The maximum absolute atomic E-state index is 13.3. The van der Waals surface area contributed by atoms with E-state index < -0.39 is 30.1 Å². The average Bonchev–Trinajstić information content (AvgIpc) is 2.81. The number of carbonyl (C=O) groups is 2. The quantitative estimate of drug-likeness (QED) is 0.889. The smallest absolute Gasteiger partial charge is 0.325 e. The van der Waals surface area contributed by atoms with E-state index in [0.717, 1.165) is 29.1 Å². The third kappa shape index (κ3) is 3.16. The van der Waals surface area contributed by atoms with Gasteiger partial charge in [-0.15, -0.1) is 0 Å². The lowest BCUT2D eigenvalue weighted by Crippen LogP contribution is -2.13. The molecule has 104 valence electrons. The first kappa shape index (κ1) is 13.7. The highest BCUT2D eigenvalue weighted by molar-refractivity contribution is 6.04. The molecule has 0 spiro atoms. The van der Waals surface area contributed by atoms with Crippen LogP contribution in [0.1, 0.15) is 10.4 Å². The fraction of sp³-hybridized carbons (Fsp3) is 0.0833. The predicted molar refractivity (Wildman–Crippen MR) is 64.2 cm³/mol. The molecule has 8 heteroatoms. The third-order valence-electron chi connectivity index (χ3n) is 2.37. The van der Waals surface area contributed by atoms with Gasteiger partial charge in [-0.05, 0) is 12.1 Å². The lowest BCUT2D eigenvalue weighted by atomic mass is 10.2. The number of aliphatic carboxylic acids is 1. The molecule has 0 saturated heterocycles. The van der Waals surface area contributed by atoms with Crippen LogP contribution in [0.4, 0.5) is 14.5 Å². The van der Waals surface area contributed by atoms with E-state index >= 15 is 0 Å². The first-order chi connectivity index (χ1) is 9.45. The number of aromatic nitrogens is 2. The van der Waals surface area contributed by atoms with Crippen LogP contribution in [-0.4, -0.2) is 26.8 Å². The van der Waals surface area contributed by atoms with Crippen LogP contribution in [0.5, 0.6) is 0 Å². The van der Waals surface area contributed by atoms with Crippen molar-refractivity contribution >= 4 is 17.6 Å². The van der Waals surface area contributed by atoms with Gasteiger partial charge < -0.3 is 10.4 Å². The molecule has 0 atom stereocenters. The maximum Gasteiger partial charge on any atom is 0.325 e. The number of carboxylic acid groups (broad SMARTS) is 1. The summed E-state index contributed by atoms with van der Waals surface area (Å²) in [6.07, 6.45) is 2.33. The van der Waals surface area contributed by atoms with E-state index in [-0.39, 0.29) is 11.3 Å². The van der Waals surface area contributed by atoms with Crippen molar-refractivity contribution in [1.29, 1.82) is 0 Å². The van der Waals surface area contributed by atoms with Gasteiger partial charge >= 0.3 is 5.97 Å². The Labute approximate surface area is 111 Å². The number of halogens is 2. The largest absolute Gasteiger partial charge is 0.480 e. The zero-order chi connectivity index (χ0) is 14.7. The van der Waals surface area contributed by atoms with Gasteiger partial charge in [0.1, 0.15) is 18.2 Å². The normalized spacial score (nSPS) is 10.3. The number of hydrogen-bond acceptors (Lipinski definition) is 3. The van der Waals surface area contributed by atoms with E-state index in [1.54, 1.807) is 0 Å². The molecular formula is C12H9F2N3O3. The second kappa shape index (κ2) is 5.47. The summed E-state index contributed by atoms with van der Waals surface area (Å²) in [4.78, 5) is 22.2. The summed E-state index contributed by atoms with van der Waals surface area (Å²) in [5.74, 6) is -3.30. The van der Waals surface area contributed by atoms with Crippen molar-refractivity contribution in [1.82, 2.24) is 9.78 Å². The number of anilines is 1. The van der Waals surface area contributed by atoms with Crippen molar-refractivity contribution in [2.75, 3.05) is 5.32 Å². The van der Waals surface area contributed by atoms with Gasteiger partial charge in [0.25, 0.3) is 5.91 Å². The summed E-state index contributed by atoms with van der Waals surface area (Å²) in [5.41, 5.74) is -0.268. The van der Waals surface area contributed by atoms with E-state index in [4.69, 9.17) is 5.11 Å². The maximum atomic E-state index is 13.3. The molecule has 0 aliphatic rings. The highest BCUT2D eigenvalue weighted by atomic mass is 19.1. The van der Waals surface area contributed by atoms with Crippen LogP contribution >= 0.6 is 0 Å². The first-order valence-corrected chi connectivity index (χ1v) is 5.46. The highest BCUT2D eigenvalue weighted by Gasteiger charge is 2.13.